The zero-order valence-corrected chi connectivity index (χ0v) is 14.0. The van der Waals surface area contributed by atoms with E-state index < -0.39 is 17.8 Å². The first-order valence-electron chi connectivity index (χ1n) is 7.22. The number of carbonyl (C=O) groups is 2. The average molecular weight is 328 g/mol. The highest BCUT2D eigenvalue weighted by atomic mass is 16.6. The first-order chi connectivity index (χ1) is 10.6. The fourth-order valence-electron chi connectivity index (χ4n) is 1.69. The van der Waals surface area contributed by atoms with Gasteiger partial charge in [0.15, 0.2) is 11.6 Å². The van der Waals surface area contributed by atoms with Crippen LogP contribution in [0, 0.1) is 0 Å². The van der Waals surface area contributed by atoms with Crippen molar-refractivity contribution >= 4 is 18.0 Å². The Morgan fingerprint density at radius 2 is 2.09 bits per heavy atom. The predicted molar refractivity (Wildman–Crippen MR) is 83.8 cm³/mol. The van der Waals surface area contributed by atoms with Gasteiger partial charge >= 0.3 is 12.2 Å². The average Bonchev–Trinajstić information content (AvgIpc) is 2.65. The summed E-state index contributed by atoms with van der Waals surface area (Å²) in [4.78, 5) is 22.3. The number of anilines is 1. The molecule has 0 aliphatic carbocycles. The van der Waals surface area contributed by atoms with Crippen LogP contribution in [0.1, 0.15) is 34.1 Å². The highest BCUT2D eigenvalue weighted by Crippen LogP contribution is 2.23. The van der Waals surface area contributed by atoms with Crippen molar-refractivity contribution < 1.29 is 24.2 Å². The molecule has 0 bridgehead atoms. The van der Waals surface area contributed by atoms with Crippen LogP contribution in [0.5, 0.6) is 5.75 Å². The van der Waals surface area contributed by atoms with Crippen LogP contribution in [-0.4, -0.2) is 45.3 Å². The van der Waals surface area contributed by atoms with Gasteiger partial charge in [-0.3, -0.25) is 10.00 Å². The Bertz CT molecular complexity index is 550. The van der Waals surface area contributed by atoms with Crippen molar-refractivity contribution in [3.05, 3.63) is 6.20 Å². The second kappa shape index (κ2) is 7.70. The lowest BCUT2D eigenvalue weighted by Crippen LogP contribution is -2.32. The summed E-state index contributed by atoms with van der Waals surface area (Å²) < 4.78 is 12.2. The third-order valence-corrected chi connectivity index (χ3v) is 2.59. The number of hydrogen-bond donors (Lipinski definition) is 3. The number of carbonyl (C=O) groups excluding carboxylic acids is 1. The largest absolute Gasteiger partial charge is 0.488 e. The van der Waals surface area contributed by atoms with Gasteiger partial charge in [-0.2, -0.15) is 5.10 Å². The van der Waals surface area contributed by atoms with Gasteiger partial charge in [0.05, 0.1) is 12.8 Å². The molecule has 1 aromatic heterocycles. The van der Waals surface area contributed by atoms with Crippen molar-refractivity contribution in [3.8, 4) is 5.75 Å². The molecule has 0 aromatic carbocycles. The van der Waals surface area contributed by atoms with E-state index in [2.05, 4.69) is 15.7 Å². The molecule has 0 radical (unpaired) electrons. The first-order valence-corrected chi connectivity index (χ1v) is 7.22. The normalized spacial score (nSPS) is 12.4. The number of aromatic nitrogens is 2. The van der Waals surface area contributed by atoms with E-state index in [-0.39, 0.29) is 18.5 Å². The van der Waals surface area contributed by atoms with Crippen molar-refractivity contribution in [2.24, 2.45) is 7.05 Å². The third-order valence-electron chi connectivity index (χ3n) is 2.59. The summed E-state index contributed by atoms with van der Waals surface area (Å²) >= 11 is 0. The standard InChI is InChI=1S/C14H24N4O5/c1-9(15-12(19)20)6-7-22-10-8-18(5)17-11(10)16-13(21)23-14(2,3)4/h8-9,15H,6-7H2,1-5H3,(H,19,20)(H,16,17,21). The van der Waals surface area contributed by atoms with E-state index in [0.717, 1.165) is 0 Å². The van der Waals surface area contributed by atoms with Crippen LogP contribution in [0.15, 0.2) is 6.20 Å². The Morgan fingerprint density at radius 1 is 1.43 bits per heavy atom. The van der Waals surface area contributed by atoms with E-state index in [0.29, 0.717) is 12.2 Å². The topological polar surface area (TPSA) is 115 Å². The van der Waals surface area contributed by atoms with Crippen molar-refractivity contribution in [1.29, 1.82) is 0 Å². The Morgan fingerprint density at radius 3 is 2.65 bits per heavy atom. The number of nitrogens with zero attached hydrogens (tertiary/aromatic N) is 2. The Hall–Kier alpha value is -2.45. The van der Waals surface area contributed by atoms with Crippen LogP contribution in [-0.2, 0) is 11.8 Å². The van der Waals surface area contributed by atoms with Crippen molar-refractivity contribution in [1.82, 2.24) is 15.1 Å². The van der Waals surface area contributed by atoms with Gasteiger partial charge in [-0.25, -0.2) is 9.59 Å². The van der Waals surface area contributed by atoms with Gasteiger partial charge in [-0.1, -0.05) is 0 Å². The van der Waals surface area contributed by atoms with E-state index in [9.17, 15) is 9.59 Å². The minimum atomic E-state index is -1.08. The van der Waals surface area contributed by atoms with Crippen LogP contribution in [0.25, 0.3) is 0 Å². The number of aryl methyl sites for hydroxylation is 1. The van der Waals surface area contributed by atoms with Gasteiger partial charge in [-0.15, -0.1) is 0 Å². The summed E-state index contributed by atoms with van der Waals surface area (Å²) in [5, 5.41) is 17.6. The van der Waals surface area contributed by atoms with Gasteiger partial charge in [0, 0.05) is 19.5 Å². The summed E-state index contributed by atoms with van der Waals surface area (Å²) in [6, 6.07) is -0.244. The summed E-state index contributed by atoms with van der Waals surface area (Å²) in [7, 11) is 1.70. The molecule has 0 aliphatic rings. The zero-order valence-electron chi connectivity index (χ0n) is 14.0. The van der Waals surface area contributed by atoms with Crippen LogP contribution < -0.4 is 15.4 Å². The summed E-state index contributed by atoms with van der Waals surface area (Å²) in [5.41, 5.74) is -0.613. The van der Waals surface area contributed by atoms with Gasteiger partial charge in [0.25, 0.3) is 0 Å². The fourth-order valence-corrected chi connectivity index (χ4v) is 1.69. The minimum Gasteiger partial charge on any atom is -0.488 e. The molecule has 130 valence electrons. The number of nitrogens with one attached hydrogen (secondary N) is 2. The van der Waals surface area contributed by atoms with E-state index in [1.165, 1.54) is 4.68 Å². The maximum atomic E-state index is 11.8. The van der Waals surface area contributed by atoms with Crippen LogP contribution >= 0.6 is 0 Å². The molecule has 1 aromatic rings. The molecule has 1 atom stereocenters. The van der Waals surface area contributed by atoms with Crippen molar-refractivity contribution in [2.45, 2.75) is 45.8 Å². The minimum absolute atomic E-state index is 0.244. The van der Waals surface area contributed by atoms with E-state index in [4.69, 9.17) is 14.6 Å². The molecule has 0 fully saturated rings. The lowest BCUT2D eigenvalue weighted by atomic mass is 10.2. The quantitative estimate of drug-likeness (QED) is 0.737. The molecule has 2 amide bonds. The van der Waals surface area contributed by atoms with E-state index >= 15 is 0 Å². The Labute approximate surface area is 134 Å². The van der Waals surface area contributed by atoms with Crippen LogP contribution in [0.3, 0.4) is 0 Å². The molecular weight excluding hydrogens is 304 g/mol. The van der Waals surface area contributed by atoms with Gasteiger partial charge in [0.2, 0.25) is 0 Å². The number of amides is 2. The fraction of sp³-hybridized carbons (Fsp3) is 0.643. The predicted octanol–water partition coefficient (Wildman–Crippen LogP) is 2.19. The molecule has 0 saturated heterocycles. The third kappa shape index (κ3) is 7.39. The molecule has 9 heteroatoms. The second-order valence-electron chi connectivity index (χ2n) is 6.13. The van der Waals surface area contributed by atoms with Gasteiger partial charge in [0.1, 0.15) is 5.60 Å². The molecular formula is C14H24N4O5. The lowest BCUT2D eigenvalue weighted by Gasteiger charge is -2.19. The molecule has 9 nitrogen and oxygen atoms in total. The molecule has 23 heavy (non-hydrogen) atoms. The van der Waals surface area contributed by atoms with Crippen LogP contribution in [0.4, 0.5) is 15.4 Å². The SMILES string of the molecule is CC(CCOc1cn(C)nc1NC(=O)OC(C)(C)C)NC(=O)O. The van der Waals surface area contributed by atoms with Crippen molar-refractivity contribution in [2.75, 3.05) is 11.9 Å². The van der Waals surface area contributed by atoms with E-state index in [1.807, 2.05) is 0 Å². The zero-order chi connectivity index (χ0) is 17.6. The number of carboxylic acid groups (broad SMARTS) is 1. The van der Waals surface area contributed by atoms with Crippen molar-refractivity contribution in [3.63, 3.8) is 0 Å². The monoisotopic (exact) mass is 328 g/mol. The summed E-state index contributed by atoms with van der Waals surface area (Å²) in [5.74, 6) is 0.640. The molecule has 3 N–H and O–H groups in total. The number of hydrogen-bond acceptors (Lipinski definition) is 5. The van der Waals surface area contributed by atoms with E-state index in [1.54, 1.807) is 40.9 Å². The highest BCUT2D eigenvalue weighted by molar-refractivity contribution is 5.85. The molecule has 1 unspecified atom stereocenters. The summed E-state index contributed by atoms with van der Waals surface area (Å²) in [6.07, 6.45) is 0.392. The highest BCUT2D eigenvalue weighted by Gasteiger charge is 2.19. The maximum absolute atomic E-state index is 11.8. The summed E-state index contributed by atoms with van der Waals surface area (Å²) in [6.45, 7) is 7.30. The first kappa shape index (κ1) is 18.6. The molecule has 0 aliphatic heterocycles. The number of rotatable bonds is 6. The Kier molecular flexibility index (Phi) is 6.23. The second-order valence-corrected chi connectivity index (χ2v) is 6.13. The van der Waals surface area contributed by atoms with Gasteiger partial charge in [-0.05, 0) is 27.7 Å². The molecule has 1 rings (SSSR count). The Balaban J connectivity index is 2.57. The maximum Gasteiger partial charge on any atom is 0.413 e. The smallest absolute Gasteiger partial charge is 0.413 e. The number of ether oxygens (including phenoxy) is 2. The molecule has 1 heterocycles. The lowest BCUT2D eigenvalue weighted by molar-refractivity contribution is 0.0634. The van der Waals surface area contributed by atoms with Gasteiger partial charge < -0.3 is 19.9 Å². The van der Waals surface area contributed by atoms with Crippen LogP contribution in [0.2, 0.25) is 0 Å². The molecule has 0 saturated carbocycles. The molecule has 0 spiro atoms.